The Kier molecular flexibility index (Phi) is 4.47. The molecule has 0 aliphatic heterocycles. The number of aromatic nitrogens is 2. The molecule has 1 aromatic heterocycles. The van der Waals surface area contributed by atoms with Gasteiger partial charge in [0.05, 0.1) is 17.6 Å². The van der Waals surface area contributed by atoms with Crippen molar-refractivity contribution in [2.75, 3.05) is 7.11 Å². The Hall–Kier alpha value is -1.68. The van der Waals surface area contributed by atoms with Gasteiger partial charge in [-0.05, 0) is 18.4 Å². The van der Waals surface area contributed by atoms with Crippen LogP contribution in [0.1, 0.15) is 33.4 Å². The Bertz CT molecular complexity index is 638. The fraction of sp³-hybridized carbons (Fsp3) is 0.529. The number of aryl methyl sites for hydroxylation is 1. The molecule has 114 valence electrons. The van der Waals surface area contributed by atoms with E-state index in [2.05, 4.69) is 12.0 Å². The quantitative estimate of drug-likeness (QED) is 0.848. The normalized spacial score (nSPS) is 13.6. The van der Waals surface area contributed by atoms with E-state index in [4.69, 9.17) is 4.74 Å². The number of ether oxygens (including phenoxy) is 1. The van der Waals surface area contributed by atoms with Crippen molar-refractivity contribution in [3.05, 3.63) is 30.0 Å². The summed E-state index contributed by atoms with van der Waals surface area (Å²) in [6.45, 7) is 8.89. The maximum atomic E-state index is 12.6. The Labute approximate surface area is 126 Å². The minimum Gasteiger partial charge on any atom is -0.373 e. The zero-order chi connectivity index (χ0) is 15.6. The van der Waals surface area contributed by atoms with Gasteiger partial charge in [0.1, 0.15) is 6.10 Å². The first kappa shape index (κ1) is 15.7. The highest BCUT2D eigenvalue weighted by Gasteiger charge is 2.31. The molecule has 0 fully saturated rings. The summed E-state index contributed by atoms with van der Waals surface area (Å²) in [4.78, 5) is 12.6. The van der Waals surface area contributed by atoms with E-state index >= 15 is 0 Å². The number of fused-ring (bicyclic) bond motifs is 1. The number of methoxy groups -OCH3 is 1. The first-order valence-corrected chi connectivity index (χ1v) is 7.38. The molecule has 1 aromatic carbocycles. The lowest BCUT2D eigenvalue weighted by atomic mass is 9.85. The number of benzene rings is 1. The molecular weight excluding hydrogens is 264 g/mol. The molecule has 0 radical (unpaired) electrons. The van der Waals surface area contributed by atoms with E-state index < -0.39 is 6.10 Å². The van der Waals surface area contributed by atoms with Crippen LogP contribution in [0, 0.1) is 5.41 Å². The SMILES string of the molecule is CCn1nc(CC(=O)C(OC)C(C)(C)C)c2ccccc21. The molecule has 0 saturated carbocycles. The van der Waals surface area contributed by atoms with Crippen LogP contribution in [0.15, 0.2) is 24.3 Å². The van der Waals surface area contributed by atoms with E-state index in [0.717, 1.165) is 23.1 Å². The van der Waals surface area contributed by atoms with Gasteiger partial charge in [-0.25, -0.2) is 0 Å². The Balaban J connectivity index is 2.34. The summed E-state index contributed by atoms with van der Waals surface area (Å²) < 4.78 is 7.35. The first-order chi connectivity index (χ1) is 9.88. The van der Waals surface area contributed by atoms with Crippen LogP contribution in [0.5, 0.6) is 0 Å². The highest BCUT2D eigenvalue weighted by atomic mass is 16.5. The number of carbonyl (C=O) groups excluding carboxylic acids is 1. The lowest BCUT2D eigenvalue weighted by Crippen LogP contribution is -2.37. The molecule has 2 rings (SSSR count). The molecular formula is C17H24N2O2. The van der Waals surface area contributed by atoms with Gasteiger partial charge < -0.3 is 4.74 Å². The third-order valence-electron chi connectivity index (χ3n) is 3.69. The minimum absolute atomic E-state index is 0.0801. The average molecular weight is 288 g/mol. The Morgan fingerprint density at radius 2 is 2.00 bits per heavy atom. The number of nitrogens with zero attached hydrogens (tertiary/aromatic N) is 2. The Morgan fingerprint density at radius 1 is 1.33 bits per heavy atom. The lowest BCUT2D eigenvalue weighted by Gasteiger charge is -2.27. The van der Waals surface area contributed by atoms with Gasteiger partial charge in [-0.2, -0.15) is 5.10 Å². The van der Waals surface area contributed by atoms with Gasteiger partial charge in [-0.15, -0.1) is 0 Å². The largest absolute Gasteiger partial charge is 0.373 e. The minimum atomic E-state index is -0.414. The predicted octanol–water partition coefficient (Wildman–Crippen LogP) is 3.23. The summed E-state index contributed by atoms with van der Waals surface area (Å²) in [5, 5.41) is 5.64. The summed E-state index contributed by atoms with van der Waals surface area (Å²) in [7, 11) is 1.59. The van der Waals surface area contributed by atoms with Crippen LogP contribution < -0.4 is 0 Å². The fourth-order valence-electron chi connectivity index (χ4n) is 2.79. The summed E-state index contributed by atoms with van der Waals surface area (Å²) in [6.07, 6.45) is -0.105. The van der Waals surface area contributed by atoms with Gasteiger partial charge in [0.25, 0.3) is 0 Å². The molecule has 4 nitrogen and oxygen atoms in total. The highest BCUT2D eigenvalue weighted by molar-refractivity contribution is 5.91. The molecule has 0 N–H and O–H groups in total. The van der Waals surface area contributed by atoms with Crippen molar-refractivity contribution >= 4 is 16.7 Å². The number of hydrogen-bond donors (Lipinski definition) is 0. The van der Waals surface area contributed by atoms with Crippen molar-refractivity contribution in [2.45, 2.75) is 46.8 Å². The van der Waals surface area contributed by atoms with E-state index in [1.807, 2.05) is 49.7 Å². The third kappa shape index (κ3) is 3.16. The molecule has 0 aliphatic rings. The van der Waals surface area contributed by atoms with Gasteiger partial charge in [0.15, 0.2) is 5.78 Å². The second-order valence-electron chi connectivity index (χ2n) is 6.40. The lowest BCUT2D eigenvalue weighted by molar-refractivity contribution is -0.134. The molecule has 2 aromatic rings. The van der Waals surface area contributed by atoms with Gasteiger partial charge in [-0.1, -0.05) is 39.0 Å². The van der Waals surface area contributed by atoms with Gasteiger partial charge in [-0.3, -0.25) is 9.48 Å². The van der Waals surface area contributed by atoms with Crippen molar-refractivity contribution in [1.29, 1.82) is 0 Å². The monoisotopic (exact) mass is 288 g/mol. The summed E-state index contributed by atoms with van der Waals surface area (Å²) >= 11 is 0. The van der Waals surface area contributed by atoms with Crippen molar-refractivity contribution in [2.24, 2.45) is 5.41 Å². The first-order valence-electron chi connectivity index (χ1n) is 7.38. The average Bonchev–Trinajstić information content (AvgIpc) is 2.76. The molecule has 1 atom stereocenters. The maximum absolute atomic E-state index is 12.6. The van der Waals surface area contributed by atoms with Crippen LogP contribution in [0.3, 0.4) is 0 Å². The maximum Gasteiger partial charge on any atom is 0.168 e. The molecule has 1 unspecified atom stereocenters. The molecule has 0 bridgehead atoms. The van der Waals surface area contributed by atoms with Crippen molar-refractivity contribution in [3.8, 4) is 0 Å². The molecule has 0 spiro atoms. The molecule has 0 aliphatic carbocycles. The number of hydrogen-bond acceptors (Lipinski definition) is 3. The molecule has 21 heavy (non-hydrogen) atoms. The predicted molar refractivity (Wildman–Crippen MR) is 84.4 cm³/mol. The smallest absolute Gasteiger partial charge is 0.168 e. The van der Waals surface area contributed by atoms with E-state index in [1.54, 1.807) is 7.11 Å². The molecule has 0 saturated heterocycles. The Morgan fingerprint density at radius 3 is 2.57 bits per heavy atom. The van der Waals surface area contributed by atoms with Crippen LogP contribution in [0.25, 0.3) is 10.9 Å². The van der Waals surface area contributed by atoms with Crippen LogP contribution >= 0.6 is 0 Å². The van der Waals surface area contributed by atoms with Crippen molar-refractivity contribution in [3.63, 3.8) is 0 Å². The van der Waals surface area contributed by atoms with Crippen LogP contribution in [0.4, 0.5) is 0 Å². The number of ketones is 1. The van der Waals surface area contributed by atoms with E-state index in [0.29, 0.717) is 6.42 Å². The standard InChI is InChI=1S/C17H24N2O2/c1-6-19-14-10-8-7-9-12(14)13(18-19)11-15(20)16(21-5)17(2,3)4/h7-10,16H,6,11H2,1-5H3. The van der Waals surface area contributed by atoms with Crippen molar-refractivity contribution in [1.82, 2.24) is 9.78 Å². The summed E-state index contributed by atoms with van der Waals surface area (Å²) in [5.41, 5.74) is 1.70. The fourth-order valence-corrected chi connectivity index (χ4v) is 2.79. The van der Waals surface area contributed by atoms with E-state index in [1.165, 1.54) is 0 Å². The van der Waals surface area contributed by atoms with E-state index in [9.17, 15) is 4.79 Å². The molecule has 0 amide bonds. The number of Topliss-reactive ketones (excluding diaryl/α,β-unsaturated/α-hetero) is 1. The summed E-state index contributed by atoms with van der Waals surface area (Å²) in [6, 6.07) is 8.04. The number of rotatable bonds is 5. The zero-order valence-electron chi connectivity index (χ0n) is 13.5. The topological polar surface area (TPSA) is 44.1 Å². The number of para-hydroxylation sites is 1. The second kappa shape index (κ2) is 5.98. The van der Waals surface area contributed by atoms with Crippen LogP contribution in [0.2, 0.25) is 0 Å². The molecule has 1 heterocycles. The van der Waals surface area contributed by atoms with Crippen LogP contribution in [-0.2, 0) is 22.5 Å². The van der Waals surface area contributed by atoms with Crippen LogP contribution in [-0.4, -0.2) is 28.8 Å². The second-order valence-corrected chi connectivity index (χ2v) is 6.40. The zero-order valence-corrected chi connectivity index (χ0v) is 13.5. The van der Waals surface area contributed by atoms with Gasteiger partial charge in [0.2, 0.25) is 0 Å². The van der Waals surface area contributed by atoms with Gasteiger partial charge in [0, 0.05) is 19.0 Å². The molecule has 4 heteroatoms. The number of carbonyl (C=O) groups is 1. The van der Waals surface area contributed by atoms with Gasteiger partial charge >= 0.3 is 0 Å². The van der Waals surface area contributed by atoms with E-state index in [-0.39, 0.29) is 11.2 Å². The summed E-state index contributed by atoms with van der Waals surface area (Å²) in [5.74, 6) is 0.0801. The third-order valence-corrected chi connectivity index (χ3v) is 3.69. The highest BCUT2D eigenvalue weighted by Crippen LogP contribution is 2.25. The van der Waals surface area contributed by atoms with Crippen molar-refractivity contribution < 1.29 is 9.53 Å².